The van der Waals surface area contributed by atoms with Gasteiger partial charge in [0.2, 0.25) is 0 Å². The SMILES string of the molecule is CCOc1cc(C)c(OC2CCC(C)(C(=O)OCc3cccc4ccccc34)CC2)cc1C(=O)O. The van der Waals surface area contributed by atoms with Crippen molar-refractivity contribution in [2.24, 2.45) is 5.41 Å². The van der Waals surface area contributed by atoms with Gasteiger partial charge in [-0.05, 0) is 80.5 Å². The number of carboxylic acids is 1. The fourth-order valence-corrected chi connectivity index (χ4v) is 4.70. The highest BCUT2D eigenvalue weighted by Crippen LogP contribution is 2.40. The summed E-state index contributed by atoms with van der Waals surface area (Å²) in [6, 6.07) is 17.3. The topological polar surface area (TPSA) is 82.1 Å². The van der Waals surface area contributed by atoms with Gasteiger partial charge in [-0.25, -0.2) is 4.79 Å². The number of carboxylic acid groups (broad SMARTS) is 1. The molecule has 184 valence electrons. The molecule has 1 N–H and O–H groups in total. The molecule has 3 aromatic rings. The van der Waals surface area contributed by atoms with E-state index in [1.54, 1.807) is 6.07 Å². The van der Waals surface area contributed by atoms with Crippen LogP contribution in [0.4, 0.5) is 0 Å². The zero-order valence-corrected chi connectivity index (χ0v) is 20.5. The smallest absolute Gasteiger partial charge is 0.339 e. The van der Waals surface area contributed by atoms with Crippen LogP contribution in [0.3, 0.4) is 0 Å². The second kappa shape index (κ2) is 10.4. The highest BCUT2D eigenvalue weighted by molar-refractivity contribution is 5.91. The van der Waals surface area contributed by atoms with Crippen LogP contribution in [0.15, 0.2) is 54.6 Å². The minimum absolute atomic E-state index is 0.0881. The van der Waals surface area contributed by atoms with Gasteiger partial charge >= 0.3 is 11.9 Å². The quantitative estimate of drug-likeness (QED) is 0.383. The largest absolute Gasteiger partial charge is 0.493 e. The first-order valence-corrected chi connectivity index (χ1v) is 12.1. The summed E-state index contributed by atoms with van der Waals surface area (Å²) in [5.41, 5.74) is 1.34. The number of hydrogen-bond donors (Lipinski definition) is 1. The molecule has 6 heteroatoms. The first-order valence-electron chi connectivity index (χ1n) is 12.1. The number of esters is 1. The van der Waals surface area contributed by atoms with E-state index in [2.05, 4.69) is 12.1 Å². The molecule has 1 aliphatic carbocycles. The van der Waals surface area contributed by atoms with Crippen molar-refractivity contribution in [2.45, 2.75) is 59.2 Å². The maximum atomic E-state index is 13.0. The van der Waals surface area contributed by atoms with E-state index in [0.717, 1.165) is 21.9 Å². The van der Waals surface area contributed by atoms with Crippen LogP contribution in [0.2, 0.25) is 0 Å². The minimum atomic E-state index is -1.05. The average molecular weight is 477 g/mol. The van der Waals surface area contributed by atoms with E-state index in [4.69, 9.17) is 14.2 Å². The van der Waals surface area contributed by atoms with Gasteiger partial charge in [-0.3, -0.25) is 4.79 Å². The molecule has 35 heavy (non-hydrogen) atoms. The molecule has 3 aromatic carbocycles. The summed E-state index contributed by atoms with van der Waals surface area (Å²) < 4.78 is 17.4. The van der Waals surface area contributed by atoms with E-state index in [9.17, 15) is 14.7 Å². The molecule has 1 aliphatic rings. The van der Waals surface area contributed by atoms with Gasteiger partial charge in [0.25, 0.3) is 0 Å². The fraction of sp³-hybridized carbons (Fsp3) is 0.379. The lowest BCUT2D eigenvalue weighted by Gasteiger charge is -2.35. The molecule has 0 atom stereocenters. The van der Waals surface area contributed by atoms with Crippen LogP contribution in [0.25, 0.3) is 10.8 Å². The average Bonchev–Trinajstić information content (AvgIpc) is 2.85. The summed E-state index contributed by atoms with van der Waals surface area (Å²) in [7, 11) is 0. The number of aryl methyl sites for hydroxylation is 1. The summed E-state index contributed by atoms with van der Waals surface area (Å²) in [6.45, 7) is 6.29. The molecule has 0 aromatic heterocycles. The Bertz CT molecular complexity index is 1220. The molecule has 0 spiro atoms. The third-order valence-electron chi connectivity index (χ3n) is 6.87. The van der Waals surface area contributed by atoms with E-state index < -0.39 is 11.4 Å². The molecule has 0 aliphatic heterocycles. The molecule has 0 radical (unpaired) electrons. The molecule has 0 heterocycles. The molecule has 0 saturated heterocycles. The van der Waals surface area contributed by atoms with Gasteiger partial charge in [0, 0.05) is 0 Å². The summed E-state index contributed by atoms with van der Waals surface area (Å²) >= 11 is 0. The predicted octanol–water partition coefficient (Wildman–Crippen LogP) is 6.32. The number of hydrogen-bond acceptors (Lipinski definition) is 5. The Labute approximate surface area is 205 Å². The van der Waals surface area contributed by atoms with E-state index in [-0.39, 0.29) is 24.2 Å². The highest BCUT2D eigenvalue weighted by Gasteiger charge is 2.39. The number of carbonyl (C=O) groups excluding carboxylic acids is 1. The Balaban J connectivity index is 1.37. The van der Waals surface area contributed by atoms with Gasteiger partial charge < -0.3 is 19.3 Å². The third kappa shape index (κ3) is 5.42. The Morgan fingerprint density at radius 3 is 2.46 bits per heavy atom. The van der Waals surface area contributed by atoms with E-state index >= 15 is 0 Å². The molecule has 0 bridgehead atoms. The van der Waals surface area contributed by atoms with Gasteiger partial charge in [0.15, 0.2) is 0 Å². The van der Waals surface area contributed by atoms with Crippen molar-refractivity contribution in [3.05, 3.63) is 71.3 Å². The van der Waals surface area contributed by atoms with Crippen LogP contribution in [-0.2, 0) is 16.1 Å². The number of rotatable bonds is 8. The number of aromatic carboxylic acids is 1. The van der Waals surface area contributed by atoms with Crippen molar-refractivity contribution in [3.8, 4) is 11.5 Å². The normalized spacial score (nSPS) is 19.8. The summed E-state index contributed by atoms with van der Waals surface area (Å²) in [5.74, 6) is -0.356. The number of fused-ring (bicyclic) bond motifs is 1. The fourth-order valence-electron chi connectivity index (χ4n) is 4.70. The molecule has 4 rings (SSSR count). The molecular weight excluding hydrogens is 444 g/mol. The monoisotopic (exact) mass is 476 g/mol. The van der Waals surface area contributed by atoms with Crippen LogP contribution in [0, 0.1) is 12.3 Å². The molecule has 1 fully saturated rings. The standard InChI is InChI=1S/C29H32O6/c1-4-33-26-16-19(2)25(17-24(26)27(30)31)35-22-12-14-29(3,15-13-22)28(32)34-18-21-10-7-9-20-8-5-6-11-23(20)21/h5-11,16-17,22H,4,12-15,18H2,1-3H3,(H,30,31). The lowest BCUT2D eigenvalue weighted by molar-refractivity contribution is -0.159. The number of ether oxygens (including phenoxy) is 3. The van der Waals surface area contributed by atoms with Crippen molar-refractivity contribution in [3.63, 3.8) is 0 Å². The van der Waals surface area contributed by atoms with E-state index in [1.807, 2.05) is 51.1 Å². The van der Waals surface area contributed by atoms with Gasteiger partial charge in [-0.2, -0.15) is 0 Å². The Hall–Kier alpha value is -3.54. The molecule has 6 nitrogen and oxygen atoms in total. The molecule has 1 saturated carbocycles. The minimum Gasteiger partial charge on any atom is -0.493 e. The first kappa shape index (κ1) is 24.6. The Morgan fingerprint density at radius 1 is 1.03 bits per heavy atom. The Morgan fingerprint density at radius 2 is 1.74 bits per heavy atom. The van der Waals surface area contributed by atoms with Gasteiger partial charge in [0.05, 0.1) is 18.1 Å². The van der Waals surface area contributed by atoms with Crippen LogP contribution < -0.4 is 9.47 Å². The predicted molar refractivity (Wildman–Crippen MR) is 134 cm³/mol. The lowest BCUT2D eigenvalue weighted by atomic mass is 9.74. The number of benzene rings is 3. The van der Waals surface area contributed by atoms with Crippen molar-refractivity contribution in [1.29, 1.82) is 0 Å². The lowest BCUT2D eigenvalue weighted by Crippen LogP contribution is -2.37. The van der Waals surface area contributed by atoms with Crippen molar-refractivity contribution in [2.75, 3.05) is 6.61 Å². The van der Waals surface area contributed by atoms with Crippen molar-refractivity contribution < 1.29 is 28.9 Å². The maximum absolute atomic E-state index is 13.0. The van der Waals surface area contributed by atoms with Crippen LogP contribution >= 0.6 is 0 Å². The molecular formula is C29H32O6. The molecule has 0 amide bonds. The zero-order valence-electron chi connectivity index (χ0n) is 20.5. The third-order valence-corrected chi connectivity index (χ3v) is 6.87. The van der Waals surface area contributed by atoms with E-state index in [1.165, 1.54) is 6.07 Å². The van der Waals surface area contributed by atoms with Crippen molar-refractivity contribution >= 4 is 22.7 Å². The number of carbonyl (C=O) groups is 2. The summed E-state index contributed by atoms with van der Waals surface area (Å²) in [4.78, 5) is 24.7. The van der Waals surface area contributed by atoms with Crippen LogP contribution in [-0.4, -0.2) is 29.8 Å². The van der Waals surface area contributed by atoms with Crippen LogP contribution in [0.5, 0.6) is 11.5 Å². The second-order valence-corrected chi connectivity index (χ2v) is 9.44. The highest BCUT2D eigenvalue weighted by atomic mass is 16.5. The maximum Gasteiger partial charge on any atom is 0.339 e. The van der Waals surface area contributed by atoms with Gasteiger partial charge in [-0.1, -0.05) is 42.5 Å². The van der Waals surface area contributed by atoms with E-state index in [0.29, 0.717) is 43.8 Å². The summed E-state index contributed by atoms with van der Waals surface area (Å²) in [6.07, 6.45) is 2.58. The van der Waals surface area contributed by atoms with Crippen LogP contribution in [0.1, 0.15) is 61.0 Å². The van der Waals surface area contributed by atoms with Crippen molar-refractivity contribution in [1.82, 2.24) is 0 Å². The Kier molecular flexibility index (Phi) is 7.29. The van der Waals surface area contributed by atoms with Gasteiger partial charge in [0.1, 0.15) is 23.7 Å². The zero-order chi connectivity index (χ0) is 25.0. The molecule has 0 unspecified atom stereocenters. The van der Waals surface area contributed by atoms with Gasteiger partial charge in [-0.15, -0.1) is 0 Å². The second-order valence-electron chi connectivity index (χ2n) is 9.44. The first-order chi connectivity index (χ1) is 16.8. The summed E-state index contributed by atoms with van der Waals surface area (Å²) in [5, 5.41) is 11.8.